The topological polar surface area (TPSA) is 94.1 Å². The van der Waals surface area contributed by atoms with Crippen LogP contribution < -0.4 is 5.32 Å². The molecule has 0 saturated heterocycles. The molecule has 2 aromatic heterocycles. The van der Waals surface area contributed by atoms with Crippen LogP contribution >= 0.6 is 0 Å². The number of hydrogen-bond acceptors (Lipinski definition) is 6. The quantitative estimate of drug-likeness (QED) is 0.764. The summed E-state index contributed by atoms with van der Waals surface area (Å²) in [6.45, 7) is 7.37. The molecule has 0 spiro atoms. The number of hydrogen-bond donors (Lipinski definition) is 1. The molecule has 0 aliphatic carbocycles. The minimum Gasteiger partial charge on any atom is -0.436 e. The van der Waals surface area contributed by atoms with Crippen LogP contribution in [0.15, 0.2) is 39.3 Å². The Morgan fingerprint density at radius 3 is 2.44 bits per heavy atom. The van der Waals surface area contributed by atoms with Crippen molar-refractivity contribution < 1.29 is 13.7 Å². The van der Waals surface area contributed by atoms with Gasteiger partial charge < -0.3 is 14.3 Å². The molecule has 25 heavy (non-hydrogen) atoms. The van der Waals surface area contributed by atoms with Crippen molar-refractivity contribution in [3.63, 3.8) is 0 Å². The maximum Gasteiger partial charge on any atom is 0.289 e. The number of oxazole rings is 1. The standard InChI is InChI=1S/C18H20N4O3/c1-10(2)14(20-17(23)15-11(3)19-12(4)24-15)18-21-16(22-25-18)13-8-6-5-7-9-13/h5-10,14H,1-4H3,(H,20,23)/t14-/m1/s1. The summed E-state index contributed by atoms with van der Waals surface area (Å²) in [7, 11) is 0. The van der Waals surface area contributed by atoms with Gasteiger partial charge in [-0.05, 0) is 12.8 Å². The molecule has 7 heteroatoms. The van der Waals surface area contributed by atoms with Crippen molar-refractivity contribution >= 4 is 5.91 Å². The van der Waals surface area contributed by atoms with Gasteiger partial charge in [-0.15, -0.1) is 0 Å². The van der Waals surface area contributed by atoms with E-state index in [4.69, 9.17) is 8.94 Å². The van der Waals surface area contributed by atoms with E-state index >= 15 is 0 Å². The summed E-state index contributed by atoms with van der Waals surface area (Å²) in [5, 5.41) is 6.92. The Hall–Kier alpha value is -2.96. The molecule has 0 saturated carbocycles. The molecule has 7 nitrogen and oxygen atoms in total. The molecule has 1 amide bonds. The summed E-state index contributed by atoms with van der Waals surface area (Å²) >= 11 is 0. The Balaban J connectivity index is 1.83. The van der Waals surface area contributed by atoms with E-state index < -0.39 is 6.04 Å². The smallest absolute Gasteiger partial charge is 0.289 e. The van der Waals surface area contributed by atoms with Crippen molar-refractivity contribution in [3.05, 3.63) is 53.6 Å². The molecule has 1 atom stereocenters. The number of rotatable bonds is 5. The second kappa shape index (κ2) is 6.88. The SMILES string of the molecule is Cc1nc(C)c(C(=O)N[C@@H](c2nc(-c3ccccc3)no2)C(C)C)o1. The van der Waals surface area contributed by atoms with Gasteiger partial charge in [-0.1, -0.05) is 49.3 Å². The lowest BCUT2D eigenvalue weighted by atomic mass is 10.0. The Kier molecular flexibility index (Phi) is 4.65. The van der Waals surface area contributed by atoms with Crippen LogP contribution in [0.4, 0.5) is 0 Å². The average molecular weight is 340 g/mol. The predicted molar refractivity (Wildman–Crippen MR) is 90.8 cm³/mol. The largest absolute Gasteiger partial charge is 0.436 e. The zero-order valence-corrected chi connectivity index (χ0v) is 14.6. The monoisotopic (exact) mass is 340 g/mol. The van der Waals surface area contributed by atoms with Gasteiger partial charge in [0.25, 0.3) is 5.91 Å². The molecule has 0 aliphatic rings. The van der Waals surface area contributed by atoms with Gasteiger partial charge in [0.1, 0.15) is 6.04 Å². The fraction of sp³-hybridized carbons (Fsp3) is 0.333. The molecule has 3 rings (SSSR count). The molecule has 0 bridgehead atoms. The van der Waals surface area contributed by atoms with Crippen molar-refractivity contribution in [2.45, 2.75) is 33.7 Å². The maximum absolute atomic E-state index is 12.5. The number of amides is 1. The van der Waals surface area contributed by atoms with Gasteiger partial charge in [0.2, 0.25) is 17.5 Å². The summed E-state index contributed by atoms with van der Waals surface area (Å²) < 4.78 is 10.8. The summed E-state index contributed by atoms with van der Waals surface area (Å²) in [6, 6.07) is 9.10. The zero-order chi connectivity index (χ0) is 18.0. The van der Waals surface area contributed by atoms with Gasteiger partial charge in [0.15, 0.2) is 5.89 Å². The fourth-order valence-corrected chi connectivity index (χ4v) is 2.53. The minimum atomic E-state index is -0.428. The maximum atomic E-state index is 12.5. The van der Waals surface area contributed by atoms with Crippen molar-refractivity contribution in [2.75, 3.05) is 0 Å². The van der Waals surface area contributed by atoms with Gasteiger partial charge in [-0.25, -0.2) is 4.98 Å². The van der Waals surface area contributed by atoms with E-state index in [-0.39, 0.29) is 17.6 Å². The highest BCUT2D eigenvalue weighted by molar-refractivity contribution is 5.92. The number of nitrogens with one attached hydrogen (secondary N) is 1. The summed E-state index contributed by atoms with van der Waals surface area (Å²) in [4.78, 5) is 21.1. The highest BCUT2D eigenvalue weighted by Gasteiger charge is 2.27. The lowest BCUT2D eigenvalue weighted by Gasteiger charge is -2.17. The molecule has 2 heterocycles. The van der Waals surface area contributed by atoms with E-state index in [1.807, 2.05) is 44.2 Å². The molecule has 0 aliphatic heterocycles. The molecule has 1 N–H and O–H groups in total. The Labute approximate surface area is 145 Å². The number of nitrogens with zero attached hydrogens (tertiary/aromatic N) is 3. The highest BCUT2D eigenvalue weighted by Crippen LogP contribution is 2.24. The minimum absolute atomic E-state index is 0.0531. The normalized spacial score (nSPS) is 12.4. The highest BCUT2D eigenvalue weighted by atomic mass is 16.5. The second-order valence-corrected chi connectivity index (χ2v) is 6.16. The molecule has 0 radical (unpaired) electrons. The number of aryl methyl sites for hydroxylation is 2. The summed E-state index contributed by atoms with van der Waals surface area (Å²) in [6.07, 6.45) is 0. The molecular weight excluding hydrogens is 320 g/mol. The van der Waals surface area contributed by atoms with E-state index in [9.17, 15) is 4.79 Å². The fourth-order valence-electron chi connectivity index (χ4n) is 2.53. The van der Waals surface area contributed by atoms with Crippen LogP contribution in [0.2, 0.25) is 0 Å². The first kappa shape index (κ1) is 16.9. The number of carbonyl (C=O) groups excluding carboxylic acids is 1. The van der Waals surface area contributed by atoms with Crippen LogP contribution in [0.5, 0.6) is 0 Å². The van der Waals surface area contributed by atoms with Crippen molar-refractivity contribution in [1.82, 2.24) is 20.4 Å². The second-order valence-electron chi connectivity index (χ2n) is 6.16. The Bertz CT molecular complexity index is 868. The third-order valence-electron chi connectivity index (χ3n) is 3.80. The first-order chi connectivity index (χ1) is 12.0. The lowest BCUT2D eigenvalue weighted by molar-refractivity contribution is 0.0883. The van der Waals surface area contributed by atoms with Gasteiger partial charge in [-0.2, -0.15) is 4.98 Å². The van der Waals surface area contributed by atoms with E-state index in [1.54, 1.807) is 13.8 Å². The molecule has 3 aromatic rings. The summed E-state index contributed by atoms with van der Waals surface area (Å²) in [5.74, 6) is 1.20. The van der Waals surface area contributed by atoms with E-state index in [1.165, 1.54) is 0 Å². The van der Waals surface area contributed by atoms with E-state index in [2.05, 4.69) is 20.4 Å². The molecule has 1 aromatic carbocycles. The molecule has 130 valence electrons. The van der Waals surface area contributed by atoms with Crippen LogP contribution in [-0.2, 0) is 0 Å². The first-order valence-corrected chi connectivity index (χ1v) is 8.09. The van der Waals surface area contributed by atoms with Gasteiger partial charge in [-0.3, -0.25) is 4.79 Å². The van der Waals surface area contributed by atoms with Crippen LogP contribution in [0.25, 0.3) is 11.4 Å². The van der Waals surface area contributed by atoms with Crippen LogP contribution in [-0.4, -0.2) is 21.0 Å². The Morgan fingerprint density at radius 1 is 1.12 bits per heavy atom. The van der Waals surface area contributed by atoms with Gasteiger partial charge in [0, 0.05) is 12.5 Å². The number of benzene rings is 1. The van der Waals surface area contributed by atoms with Crippen molar-refractivity contribution in [3.8, 4) is 11.4 Å². The molecule has 0 unspecified atom stereocenters. The Morgan fingerprint density at radius 2 is 1.84 bits per heavy atom. The number of carbonyl (C=O) groups is 1. The average Bonchev–Trinajstić information content (AvgIpc) is 3.19. The van der Waals surface area contributed by atoms with Crippen LogP contribution in [0.1, 0.15) is 47.9 Å². The third-order valence-corrected chi connectivity index (χ3v) is 3.80. The van der Waals surface area contributed by atoms with Gasteiger partial charge in [0.05, 0.1) is 5.69 Å². The van der Waals surface area contributed by atoms with Gasteiger partial charge >= 0.3 is 0 Å². The molecule has 0 fully saturated rings. The molecular formula is C18H20N4O3. The van der Waals surface area contributed by atoms with Crippen LogP contribution in [0.3, 0.4) is 0 Å². The number of aromatic nitrogens is 3. The van der Waals surface area contributed by atoms with E-state index in [0.717, 1.165) is 5.56 Å². The van der Waals surface area contributed by atoms with Crippen molar-refractivity contribution in [2.24, 2.45) is 5.92 Å². The summed E-state index contributed by atoms with van der Waals surface area (Å²) in [5.41, 5.74) is 1.40. The van der Waals surface area contributed by atoms with Crippen molar-refractivity contribution in [1.29, 1.82) is 0 Å². The third kappa shape index (κ3) is 3.60. The van der Waals surface area contributed by atoms with E-state index in [0.29, 0.717) is 23.3 Å². The predicted octanol–water partition coefficient (Wildman–Crippen LogP) is 3.47. The zero-order valence-electron chi connectivity index (χ0n) is 14.6. The van der Waals surface area contributed by atoms with Crippen LogP contribution in [0, 0.1) is 19.8 Å². The lowest BCUT2D eigenvalue weighted by Crippen LogP contribution is -2.32. The first-order valence-electron chi connectivity index (χ1n) is 8.09.